The fourth-order valence-electron chi connectivity index (χ4n) is 1.32. The van der Waals surface area contributed by atoms with E-state index in [1.165, 1.54) is 0 Å². The van der Waals surface area contributed by atoms with Crippen molar-refractivity contribution < 1.29 is 9.53 Å². The molecule has 0 aromatic rings. The third kappa shape index (κ3) is 5.74. The van der Waals surface area contributed by atoms with Crippen LogP contribution in [0.4, 0.5) is 0 Å². The van der Waals surface area contributed by atoms with Gasteiger partial charge in [-0.1, -0.05) is 20.3 Å². The normalized spacial score (nSPS) is 16.9. The van der Waals surface area contributed by atoms with Gasteiger partial charge in [0.1, 0.15) is 0 Å². The third-order valence-corrected chi connectivity index (χ3v) is 2.55. The minimum absolute atomic E-state index is 0.0144. The van der Waals surface area contributed by atoms with Crippen molar-refractivity contribution in [3.63, 3.8) is 0 Å². The average molecular weight is 216 g/mol. The van der Waals surface area contributed by atoms with Crippen molar-refractivity contribution in [3.05, 3.63) is 0 Å². The highest BCUT2D eigenvalue weighted by Gasteiger charge is 2.19. The Morgan fingerprint density at radius 3 is 2.47 bits per heavy atom. The van der Waals surface area contributed by atoms with Gasteiger partial charge in [0.15, 0.2) is 0 Å². The first kappa shape index (κ1) is 14.4. The molecule has 0 aliphatic heterocycles. The molecule has 0 aliphatic rings. The van der Waals surface area contributed by atoms with E-state index in [0.29, 0.717) is 6.61 Å². The fraction of sp³-hybridized carbons (Fsp3) is 0.909. The van der Waals surface area contributed by atoms with Gasteiger partial charge in [0.2, 0.25) is 5.91 Å². The lowest BCUT2D eigenvalue weighted by Gasteiger charge is -2.21. The first-order chi connectivity index (χ1) is 7.02. The number of hydrogen-bond donors (Lipinski definition) is 2. The number of ether oxygens (including phenoxy) is 1. The van der Waals surface area contributed by atoms with Gasteiger partial charge >= 0.3 is 0 Å². The zero-order chi connectivity index (χ0) is 11.8. The van der Waals surface area contributed by atoms with Gasteiger partial charge in [-0.15, -0.1) is 0 Å². The van der Waals surface area contributed by atoms with Gasteiger partial charge in [-0.05, 0) is 13.3 Å². The SMILES string of the molecule is CCCC(COC)NC(=O)C(C)C(C)N. The Balaban J connectivity index is 4.09. The van der Waals surface area contributed by atoms with Gasteiger partial charge in [-0.2, -0.15) is 0 Å². The predicted octanol–water partition coefficient (Wildman–Crippen LogP) is 0.901. The minimum atomic E-state index is -0.152. The van der Waals surface area contributed by atoms with E-state index in [4.69, 9.17) is 10.5 Å². The Morgan fingerprint density at radius 1 is 1.47 bits per heavy atom. The lowest BCUT2D eigenvalue weighted by molar-refractivity contribution is -0.126. The van der Waals surface area contributed by atoms with E-state index in [9.17, 15) is 4.79 Å². The molecule has 0 saturated carbocycles. The molecule has 4 nitrogen and oxygen atoms in total. The van der Waals surface area contributed by atoms with Crippen LogP contribution < -0.4 is 11.1 Å². The molecule has 0 aromatic heterocycles. The summed E-state index contributed by atoms with van der Waals surface area (Å²) >= 11 is 0. The molecule has 0 rings (SSSR count). The molecule has 0 spiro atoms. The minimum Gasteiger partial charge on any atom is -0.383 e. The standard InChI is InChI=1S/C11H24N2O2/c1-5-6-10(7-15-4)13-11(14)8(2)9(3)12/h8-10H,5-7,12H2,1-4H3,(H,13,14). The first-order valence-electron chi connectivity index (χ1n) is 5.57. The molecule has 1 amide bonds. The number of nitrogens with one attached hydrogen (secondary N) is 1. The molecule has 3 unspecified atom stereocenters. The topological polar surface area (TPSA) is 64.3 Å². The number of nitrogens with two attached hydrogens (primary N) is 1. The van der Waals surface area contributed by atoms with Gasteiger partial charge < -0.3 is 15.8 Å². The van der Waals surface area contributed by atoms with E-state index in [0.717, 1.165) is 12.8 Å². The molecule has 0 fully saturated rings. The number of amides is 1. The Kier molecular flexibility index (Phi) is 7.34. The summed E-state index contributed by atoms with van der Waals surface area (Å²) in [4.78, 5) is 11.7. The lowest BCUT2D eigenvalue weighted by atomic mass is 10.0. The van der Waals surface area contributed by atoms with Crippen LogP contribution in [0.2, 0.25) is 0 Å². The van der Waals surface area contributed by atoms with Crippen molar-refractivity contribution in [2.75, 3.05) is 13.7 Å². The Bertz CT molecular complexity index is 177. The molecule has 0 aliphatic carbocycles. The molecule has 15 heavy (non-hydrogen) atoms. The zero-order valence-corrected chi connectivity index (χ0v) is 10.2. The maximum atomic E-state index is 11.7. The van der Waals surface area contributed by atoms with Gasteiger partial charge in [0, 0.05) is 19.1 Å². The van der Waals surface area contributed by atoms with Gasteiger partial charge in [0.25, 0.3) is 0 Å². The monoisotopic (exact) mass is 216 g/mol. The fourth-order valence-corrected chi connectivity index (χ4v) is 1.32. The molecule has 3 atom stereocenters. The van der Waals surface area contributed by atoms with Gasteiger partial charge in [0.05, 0.1) is 12.6 Å². The van der Waals surface area contributed by atoms with Crippen LogP contribution in [0, 0.1) is 5.92 Å². The van der Waals surface area contributed by atoms with Crippen molar-refractivity contribution in [1.82, 2.24) is 5.32 Å². The number of rotatable bonds is 7. The number of methoxy groups -OCH3 is 1. The Labute approximate surface area is 92.6 Å². The zero-order valence-electron chi connectivity index (χ0n) is 10.2. The smallest absolute Gasteiger partial charge is 0.224 e. The molecule has 0 saturated heterocycles. The number of carbonyl (C=O) groups is 1. The maximum Gasteiger partial charge on any atom is 0.224 e. The molecule has 4 heteroatoms. The molecule has 3 N–H and O–H groups in total. The van der Waals surface area contributed by atoms with Gasteiger partial charge in [-0.25, -0.2) is 0 Å². The summed E-state index contributed by atoms with van der Waals surface area (Å²) in [7, 11) is 1.64. The van der Waals surface area contributed by atoms with E-state index in [-0.39, 0.29) is 23.9 Å². The van der Waals surface area contributed by atoms with Crippen LogP contribution in [0.15, 0.2) is 0 Å². The van der Waals surface area contributed by atoms with E-state index >= 15 is 0 Å². The first-order valence-corrected chi connectivity index (χ1v) is 5.57. The molecular formula is C11H24N2O2. The summed E-state index contributed by atoms with van der Waals surface area (Å²) in [6, 6.07) is -0.0106. The second-order valence-electron chi connectivity index (χ2n) is 4.10. The van der Waals surface area contributed by atoms with Crippen molar-refractivity contribution in [2.24, 2.45) is 11.7 Å². The highest BCUT2D eigenvalue weighted by atomic mass is 16.5. The number of carbonyl (C=O) groups excluding carboxylic acids is 1. The van der Waals surface area contributed by atoms with E-state index in [2.05, 4.69) is 12.2 Å². The molecular weight excluding hydrogens is 192 g/mol. The molecule has 0 bridgehead atoms. The summed E-state index contributed by atoms with van der Waals surface area (Å²) in [5.41, 5.74) is 5.67. The van der Waals surface area contributed by atoms with Crippen LogP contribution in [-0.4, -0.2) is 31.7 Å². The third-order valence-electron chi connectivity index (χ3n) is 2.55. The summed E-state index contributed by atoms with van der Waals surface area (Å²) in [6.07, 6.45) is 1.96. The van der Waals surface area contributed by atoms with Crippen LogP contribution in [0.1, 0.15) is 33.6 Å². The highest BCUT2D eigenvalue weighted by molar-refractivity contribution is 5.79. The van der Waals surface area contributed by atoms with Crippen LogP contribution in [0.25, 0.3) is 0 Å². The Hall–Kier alpha value is -0.610. The Morgan fingerprint density at radius 2 is 2.07 bits per heavy atom. The second kappa shape index (κ2) is 7.65. The maximum absolute atomic E-state index is 11.7. The largest absolute Gasteiger partial charge is 0.383 e. The second-order valence-corrected chi connectivity index (χ2v) is 4.10. The molecule has 0 heterocycles. The number of hydrogen-bond acceptors (Lipinski definition) is 3. The summed E-state index contributed by atoms with van der Waals surface area (Å²) in [5.74, 6) is -0.137. The molecule has 0 aromatic carbocycles. The quantitative estimate of drug-likeness (QED) is 0.664. The summed E-state index contributed by atoms with van der Waals surface area (Å²) < 4.78 is 5.05. The summed E-state index contributed by atoms with van der Waals surface area (Å²) in [5, 5.41) is 2.96. The van der Waals surface area contributed by atoms with Crippen LogP contribution in [-0.2, 0) is 9.53 Å². The highest BCUT2D eigenvalue weighted by Crippen LogP contribution is 2.03. The molecule has 0 radical (unpaired) electrons. The van der Waals surface area contributed by atoms with Gasteiger partial charge in [-0.3, -0.25) is 4.79 Å². The van der Waals surface area contributed by atoms with Crippen LogP contribution >= 0.6 is 0 Å². The van der Waals surface area contributed by atoms with Crippen molar-refractivity contribution in [2.45, 2.75) is 45.7 Å². The van der Waals surface area contributed by atoms with Crippen molar-refractivity contribution in [3.8, 4) is 0 Å². The van der Waals surface area contributed by atoms with Crippen molar-refractivity contribution >= 4 is 5.91 Å². The average Bonchev–Trinajstić information content (AvgIpc) is 2.17. The summed E-state index contributed by atoms with van der Waals surface area (Å²) in [6.45, 7) is 6.33. The van der Waals surface area contributed by atoms with Crippen molar-refractivity contribution in [1.29, 1.82) is 0 Å². The van der Waals surface area contributed by atoms with E-state index in [1.54, 1.807) is 7.11 Å². The van der Waals surface area contributed by atoms with E-state index in [1.807, 2.05) is 13.8 Å². The predicted molar refractivity (Wildman–Crippen MR) is 61.5 cm³/mol. The van der Waals surface area contributed by atoms with E-state index < -0.39 is 0 Å². The van der Waals surface area contributed by atoms with Crippen LogP contribution in [0.3, 0.4) is 0 Å². The van der Waals surface area contributed by atoms with Crippen LogP contribution in [0.5, 0.6) is 0 Å². The lowest BCUT2D eigenvalue weighted by Crippen LogP contribution is -2.45. The molecule has 90 valence electrons.